The summed E-state index contributed by atoms with van der Waals surface area (Å²) >= 11 is 0. The van der Waals surface area contributed by atoms with Crippen LogP contribution in [0.15, 0.2) is 41.2 Å². The molecule has 1 aliphatic heterocycles. The van der Waals surface area contributed by atoms with Gasteiger partial charge in [-0.15, -0.1) is 0 Å². The van der Waals surface area contributed by atoms with Crippen LogP contribution in [0, 0.1) is 5.92 Å². The Balaban J connectivity index is 1.49. The lowest BCUT2D eigenvalue weighted by molar-refractivity contribution is 0.216. The topological polar surface area (TPSA) is 70.8 Å². The average molecular weight is 323 g/mol. The number of hydrogen-bond donors (Lipinski definition) is 1. The highest BCUT2D eigenvalue weighted by atomic mass is 16.5. The first-order valence-electron chi connectivity index (χ1n) is 8.38. The molecule has 0 radical (unpaired) electrons. The average Bonchev–Trinajstić information content (AvgIpc) is 3.29. The fourth-order valence-corrected chi connectivity index (χ4v) is 3.22. The van der Waals surface area contributed by atoms with E-state index in [1.165, 1.54) is 12.8 Å². The van der Waals surface area contributed by atoms with Crippen molar-refractivity contribution in [1.29, 1.82) is 0 Å². The fraction of sp³-hybridized carbons (Fsp3) is 0.389. The Bertz CT molecular complexity index is 787. The fourth-order valence-electron chi connectivity index (χ4n) is 3.22. The number of rotatable bonds is 4. The lowest BCUT2D eigenvalue weighted by atomic mass is 9.94. The first-order chi connectivity index (χ1) is 11.8. The molecule has 0 unspecified atom stereocenters. The third-order valence-corrected chi connectivity index (χ3v) is 4.72. The number of nitrogens with zero attached hydrogens (tertiary/aromatic N) is 4. The van der Waals surface area contributed by atoms with Crippen molar-refractivity contribution < 1.29 is 4.52 Å². The molecule has 1 N–H and O–H groups in total. The van der Waals surface area contributed by atoms with Crippen molar-refractivity contribution in [2.24, 2.45) is 5.92 Å². The number of nitrogens with one attached hydrogen (secondary N) is 1. The molecule has 4 rings (SSSR count). The number of H-pyrrole nitrogens is 1. The highest BCUT2D eigenvalue weighted by Crippen LogP contribution is 2.26. The molecule has 24 heavy (non-hydrogen) atoms. The van der Waals surface area contributed by atoms with Gasteiger partial charge in [0.05, 0.1) is 6.20 Å². The van der Waals surface area contributed by atoms with Gasteiger partial charge < -0.3 is 9.42 Å². The number of aromatic nitrogens is 4. The minimum absolute atomic E-state index is 0.586. The van der Waals surface area contributed by atoms with E-state index in [1.807, 2.05) is 24.4 Å². The summed E-state index contributed by atoms with van der Waals surface area (Å²) in [5, 5.41) is 11.0. The molecule has 1 aliphatic rings. The van der Waals surface area contributed by atoms with Crippen molar-refractivity contribution in [2.75, 3.05) is 20.1 Å². The number of hydrogen-bond acceptors (Lipinski definition) is 5. The summed E-state index contributed by atoms with van der Waals surface area (Å²) in [5.74, 6) is 2.06. The van der Waals surface area contributed by atoms with E-state index in [2.05, 4.69) is 38.4 Å². The summed E-state index contributed by atoms with van der Waals surface area (Å²) in [6.45, 7) is 2.31. The number of aromatic amines is 1. The van der Waals surface area contributed by atoms with E-state index < -0.39 is 0 Å². The summed E-state index contributed by atoms with van der Waals surface area (Å²) in [5.41, 5.74) is 3.06. The Morgan fingerprint density at radius 3 is 2.83 bits per heavy atom. The summed E-state index contributed by atoms with van der Waals surface area (Å²) in [6, 6.07) is 8.09. The second-order valence-corrected chi connectivity index (χ2v) is 6.53. The maximum atomic E-state index is 5.49. The van der Waals surface area contributed by atoms with Gasteiger partial charge in [0.15, 0.2) is 5.82 Å². The van der Waals surface area contributed by atoms with E-state index in [0.29, 0.717) is 11.8 Å². The van der Waals surface area contributed by atoms with Gasteiger partial charge in [0, 0.05) is 23.7 Å². The molecule has 6 heteroatoms. The van der Waals surface area contributed by atoms with Crippen molar-refractivity contribution in [2.45, 2.75) is 19.3 Å². The Hall–Kier alpha value is -2.47. The standard InChI is InChI=1S/C18H21N5O/c1-23-7-5-13(6-8-23)9-17-21-18(24-22-17)15-4-2-3-14(10-15)16-11-19-20-12-16/h2-4,10-13H,5-9H2,1H3,(H,19,20). The van der Waals surface area contributed by atoms with E-state index in [-0.39, 0.29) is 0 Å². The zero-order valence-electron chi connectivity index (χ0n) is 13.8. The summed E-state index contributed by atoms with van der Waals surface area (Å²) < 4.78 is 5.49. The van der Waals surface area contributed by atoms with E-state index in [4.69, 9.17) is 4.52 Å². The monoisotopic (exact) mass is 323 g/mol. The Morgan fingerprint density at radius 2 is 2.04 bits per heavy atom. The van der Waals surface area contributed by atoms with Crippen LogP contribution in [-0.2, 0) is 6.42 Å². The van der Waals surface area contributed by atoms with Gasteiger partial charge in [-0.05, 0) is 56.6 Å². The second-order valence-electron chi connectivity index (χ2n) is 6.53. The van der Waals surface area contributed by atoms with Gasteiger partial charge in [-0.2, -0.15) is 10.1 Å². The van der Waals surface area contributed by atoms with Gasteiger partial charge in [-0.1, -0.05) is 17.3 Å². The molecule has 0 amide bonds. The SMILES string of the molecule is CN1CCC(Cc2noc(-c3cccc(-c4cn[nH]c4)c3)n2)CC1. The Kier molecular flexibility index (Phi) is 4.13. The van der Waals surface area contributed by atoms with Gasteiger partial charge in [-0.3, -0.25) is 5.10 Å². The van der Waals surface area contributed by atoms with Gasteiger partial charge >= 0.3 is 0 Å². The van der Waals surface area contributed by atoms with Crippen LogP contribution in [0.1, 0.15) is 18.7 Å². The predicted molar refractivity (Wildman–Crippen MR) is 91.2 cm³/mol. The van der Waals surface area contributed by atoms with Gasteiger partial charge in [0.25, 0.3) is 5.89 Å². The minimum atomic E-state index is 0.586. The van der Waals surface area contributed by atoms with Crippen molar-refractivity contribution in [1.82, 2.24) is 25.2 Å². The molecule has 2 aromatic heterocycles. The van der Waals surface area contributed by atoms with E-state index >= 15 is 0 Å². The molecule has 1 fully saturated rings. The van der Waals surface area contributed by atoms with Crippen LogP contribution in [0.2, 0.25) is 0 Å². The predicted octanol–water partition coefficient (Wildman–Crippen LogP) is 3.01. The molecule has 0 aliphatic carbocycles. The molecule has 1 saturated heterocycles. The molecule has 0 atom stereocenters. The quantitative estimate of drug-likeness (QED) is 0.799. The number of piperidine rings is 1. The van der Waals surface area contributed by atoms with E-state index in [9.17, 15) is 0 Å². The van der Waals surface area contributed by atoms with Crippen LogP contribution in [0.4, 0.5) is 0 Å². The molecular formula is C18H21N5O. The zero-order chi connectivity index (χ0) is 16.4. The molecule has 3 aromatic rings. The third-order valence-electron chi connectivity index (χ3n) is 4.72. The molecule has 0 saturated carbocycles. The van der Waals surface area contributed by atoms with Gasteiger partial charge in [0.2, 0.25) is 0 Å². The highest BCUT2D eigenvalue weighted by molar-refractivity contribution is 5.68. The maximum Gasteiger partial charge on any atom is 0.257 e. The molecule has 1 aromatic carbocycles. The maximum absolute atomic E-state index is 5.49. The van der Waals surface area contributed by atoms with E-state index in [0.717, 1.165) is 42.0 Å². The lowest BCUT2D eigenvalue weighted by Crippen LogP contribution is -2.31. The van der Waals surface area contributed by atoms with Crippen LogP contribution in [0.3, 0.4) is 0 Å². The number of benzene rings is 1. The molecule has 124 valence electrons. The summed E-state index contributed by atoms with van der Waals surface area (Å²) in [7, 11) is 2.18. The van der Waals surface area contributed by atoms with Crippen LogP contribution in [0.5, 0.6) is 0 Å². The summed E-state index contributed by atoms with van der Waals surface area (Å²) in [6.07, 6.45) is 6.99. The third kappa shape index (κ3) is 3.23. The Labute approximate surface area is 140 Å². The highest BCUT2D eigenvalue weighted by Gasteiger charge is 2.20. The molecule has 0 bridgehead atoms. The van der Waals surface area contributed by atoms with Gasteiger partial charge in [-0.25, -0.2) is 0 Å². The van der Waals surface area contributed by atoms with Crippen molar-refractivity contribution in [3.63, 3.8) is 0 Å². The summed E-state index contributed by atoms with van der Waals surface area (Å²) in [4.78, 5) is 6.98. The first-order valence-corrected chi connectivity index (χ1v) is 8.38. The van der Waals surface area contributed by atoms with Crippen LogP contribution >= 0.6 is 0 Å². The van der Waals surface area contributed by atoms with Crippen molar-refractivity contribution in [3.05, 3.63) is 42.5 Å². The van der Waals surface area contributed by atoms with Crippen LogP contribution in [-0.4, -0.2) is 45.4 Å². The normalized spacial score (nSPS) is 16.5. The largest absolute Gasteiger partial charge is 0.334 e. The smallest absolute Gasteiger partial charge is 0.257 e. The second kappa shape index (κ2) is 6.57. The van der Waals surface area contributed by atoms with Crippen molar-refractivity contribution >= 4 is 0 Å². The number of likely N-dealkylation sites (tertiary alicyclic amines) is 1. The molecule has 3 heterocycles. The van der Waals surface area contributed by atoms with Crippen LogP contribution in [0.25, 0.3) is 22.6 Å². The van der Waals surface area contributed by atoms with E-state index in [1.54, 1.807) is 6.20 Å². The van der Waals surface area contributed by atoms with Crippen molar-refractivity contribution in [3.8, 4) is 22.6 Å². The van der Waals surface area contributed by atoms with Gasteiger partial charge in [0.1, 0.15) is 0 Å². The lowest BCUT2D eigenvalue weighted by Gasteiger charge is -2.27. The zero-order valence-corrected chi connectivity index (χ0v) is 13.8. The molecule has 0 spiro atoms. The Morgan fingerprint density at radius 1 is 1.21 bits per heavy atom. The minimum Gasteiger partial charge on any atom is -0.334 e. The first kappa shape index (κ1) is 15.1. The molecule has 6 nitrogen and oxygen atoms in total. The van der Waals surface area contributed by atoms with Crippen LogP contribution < -0.4 is 0 Å². The molecular weight excluding hydrogens is 302 g/mol.